The van der Waals surface area contributed by atoms with Crippen LogP contribution in [0.1, 0.15) is 5.56 Å². The minimum Gasteiger partial charge on any atom is -0.326 e. The molecular formula is C16H11BrF2N2. The molecule has 0 aliphatic rings. The van der Waals surface area contributed by atoms with Crippen molar-refractivity contribution >= 4 is 15.9 Å². The molecule has 106 valence electrons. The summed E-state index contributed by atoms with van der Waals surface area (Å²) in [6, 6.07) is 11.3. The van der Waals surface area contributed by atoms with Gasteiger partial charge in [0.25, 0.3) is 0 Å². The maximum Gasteiger partial charge on any atom is 0.140 e. The van der Waals surface area contributed by atoms with E-state index >= 15 is 0 Å². The Hall–Kier alpha value is -2.01. The van der Waals surface area contributed by atoms with Crippen LogP contribution in [0.25, 0.3) is 11.4 Å². The lowest BCUT2D eigenvalue weighted by atomic mass is 10.2. The van der Waals surface area contributed by atoms with Gasteiger partial charge in [0.1, 0.15) is 17.5 Å². The number of hydrogen-bond donors (Lipinski definition) is 0. The topological polar surface area (TPSA) is 17.8 Å². The van der Waals surface area contributed by atoms with Crippen LogP contribution in [0.3, 0.4) is 0 Å². The number of hydrogen-bond acceptors (Lipinski definition) is 1. The van der Waals surface area contributed by atoms with E-state index in [-0.39, 0.29) is 0 Å². The van der Waals surface area contributed by atoms with Gasteiger partial charge in [-0.15, -0.1) is 0 Å². The number of rotatable bonds is 3. The summed E-state index contributed by atoms with van der Waals surface area (Å²) in [5.74, 6) is -0.391. The molecule has 1 heterocycles. The Morgan fingerprint density at radius 2 is 1.95 bits per heavy atom. The molecule has 0 saturated carbocycles. The van der Waals surface area contributed by atoms with Crippen molar-refractivity contribution in [1.29, 1.82) is 0 Å². The van der Waals surface area contributed by atoms with Gasteiger partial charge in [-0.2, -0.15) is 0 Å². The minimum atomic E-state index is -0.575. The fraction of sp³-hybridized carbons (Fsp3) is 0.0625. The zero-order chi connectivity index (χ0) is 14.8. The van der Waals surface area contributed by atoms with Crippen molar-refractivity contribution in [2.24, 2.45) is 0 Å². The van der Waals surface area contributed by atoms with Crippen molar-refractivity contribution in [3.8, 4) is 11.4 Å². The molecule has 3 rings (SSSR count). The molecule has 2 nitrogen and oxygen atoms in total. The third-order valence-electron chi connectivity index (χ3n) is 3.15. The average Bonchev–Trinajstić information content (AvgIpc) is 2.90. The van der Waals surface area contributed by atoms with Gasteiger partial charge in [0.2, 0.25) is 0 Å². The first-order valence-electron chi connectivity index (χ1n) is 6.34. The molecular weight excluding hydrogens is 338 g/mol. The average molecular weight is 349 g/mol. The van der Waals surface area contributed by atoms with Crippen molar-refractivity contribution in [3.63, 3.8) is 0 Å². The van der Waals surface area contributed by atoms with Gasteiger partial charge in [-0.05, 0) is 18.2 Å². The first-order valence-corrected chi connectivity index (χ1v) is 7.14. The summed E-state index contributed by atoms with van der Waals surface area (Å²) in [5.41, 5.74) is 1.35. The van der Waals surface area contributed by atoms with Crippen LogP contribution in [0.15, 0.2) is 59.3 Å². The van der Waals surface area contributed by atoms with Crippen LogP contribution >= 0.6 is 15.9 Å². The zero-order valence-corrected chi connectivity index (χ0v) is 12.5. The van der Waals surface area contributed by atoms with E-state index in [0.29, 0.717) is 12.1 Å². The molecule has 0 aliphatic carbocycles. The molecule has 0 unspecified atom stereocenters. The van der Waals surface area contributed by atoms with Crippen LogP contribution in [0.2, 0.25) is 0 Å². The molecule has 3 aromatic rings. The molecule has 0 N–H and O–H groups in total. The van der Waals surface area contributed by atoms with Gasteiger partial charge >= 0.3 is 0 Å². The van der Waals surface area contributed by atoms with E-state index in [0.717, 1.165) is 21.9 Å². The maximum absolute atomic E-state index is 13.8. The Balaban J connectivity index is 1.96. The van der Waals surface area contributed by atoms with Gasteiger partial charge in [-0.25, -0.2) is 13.8 Å². The molecule has 0 fully saturated rings. The first-order chi connectivity index (χ1) is 10.1. The van der Waals surface area contributed by atoms with Gasteiger partial charge in [-0.3, -0.25) is 0 Å². The molecule has 0 amide bonds. The largest absolute Gasteiger partial charge is 0.326 e. The highest BCUT2D eigenvalue weighted by Gasteiger charge is 2.10. The lowest BCUT2D eigenvalue weighted by Crippen LogP contribution is -2.03. The molecule has 2 aromatic carbocycles. The maximum atomic E-state index is 13.8. The number of imidazole rings is 1. The van der Waals surface area contributed by atoms with E-state index in [2.05, 4.69) is 20.9 Å². The number of halogens is 3. The summed E-state index contributed by atoms with van der Waals surface area (Å²) in [4.78, 5) is 4.32. The van der Waals surface area contributed by atoms with Crippen LogP contribution in [0.5, 0.6) is 0 Å². The summed E-state index contributed by atoms with van der Waals surface area (Å²) >= 11 is 3.42. The third kappa shape index (κ3) is 3.03. The van der Waals surface area contributed by atoms with E-state index in [1.165, 1.54) is 12.1 Å². The van der Waals surface area contributed by atoms with Gasteiger partial charge < -0.3 is 4.57 Å². The van der Waals surface area contributed by atoms with Crippen molar-refractivity contribution in [1.82, 2.24) is 9.55 Å². The van der Waals surface area contributed by atoms with E-state index < -0.39 is 11.6 Å². The summed E-state index contributed by atoms with van der Waals surface area (Å²) in [7, 11) is 0. The molecule has 5 heteroatoms. The van der Waals surface area contributed by atoms with Crippen LogP contribution in [0.4, 0.5) is 8.78 Å². The van der Waals surface area contributed by atoms with Crippen molar-refractivity contribution in [2.75, 3.05) is 0 Å². The van der Waals surface area contributed by atoms with Crippen molar-refractivity contribution < 1.29 is 8.78 Å². The van der Waals surface area contributed by atoms with E-state index in [1.807, 2.05) is 28.8 Å². The monoisotopic (exact) mass is 348 g/mol. The van der Waals surface area contributed by atoms with E-state index in [4.69, 9.17) is 0 Å². The molecule has 0 bridgehead atoms. The third-order valence-corrected chi connectivity index (χ3v) is 3.65. The van der Waals surface area contributed by atoms with Gasteiger partial charge in [-0.1, -0.05) is 34.1 Å². The highest BCUT2D eigenvalue weighted by Crippen LogP contribution is 2.23. The predicted molar refractivity (Wildman–Crippen MR) is 80.8 cm³/mol. The molecule has 0 aliphatic heterocycles. The fourth-order valence-electron chi connectivity index (χ4n) is 2.16. The Labute approximate surface area is 129 Å². The van der Waals surface area contributed by atoms with Crippen LogP contribution in [-0.2, 0) is 6.54 Å². The summed E-state index contributed by atoms with van der Waals surface area (Å²) in [6.45, 7) is 0.300. The number of aromatic nitrogens is 2. The standard InChI is InChI=1S/C16H11BrF2N2/c17-13-3-1-2-11(8-13)16-20-6-7-21(16)10-12-4-5-14(18)9-15(12)19/h1-9H,10H2. The first kappa shape index (κ1) is 13.9. The van der Waals surface area contributed by atoms with Gasteiger partial charge in [0, 0.05) is 34.1 Å². The zero-order valence-electron chi connectivity index (χ0n) is 10.9. The SMILES string of the molecule is Fc1ccc(Cn2ccnc2-c2cccc(Br)c2)c(F)c1. The Kier molecular flexibility index (Phi) is 3.84. The molecule has 0 spiro atoms. The van der Waals surface area contributed by atoms with Gasteiger partial charge in [0.05, 0.1) is 6.54 Å². The quantitative estimate of drug-likeness (QED) is 0.674. The summed E-state index contributed by atoms with van der Waals surface area (Å²) in [6.07, 6.45) is 3.44. The predicted octanol–water partition coefficient (Wildman–Crippen LogP) is 4.64. The van der Waals surface area contributed by atoms with Crippen molar-refractivity contribution in [2.45, 2.75) is 6.54 Å². The molecule has 0 radical (unpaired) electrons. The number of nitrogens with zero attached hydrogens (tertiary/aromatic N) is 2. The second kappa shape index (κ2) is 5.77. The van der Waals surface area contributed by atoms with Gasteiger partial charge in [0.15, 0.2) is 0 Å². The highest BCUT2D eigenvalue weighted by molar-refractivity contribution is 9.10. The smallest absolute Gasteiger partial charge is 0.140 e. The molecule has 0 saturated heterocycles. The van der Waals surface area contributed by atoms with E-state index in [1.54, 1.807) is 12.4 Å². The van der Waals surface area contributed by atoms with Crippen LogP contribution in [0, 0.1) is 11.6 Å². The fourth-order valence-corrected chi connectivity index (χ4v) is 2.56. The Morgan fingerprint density at radius 3 is 2.71 bits per heavy atom. The summed E-state index contributed by atoms with van der Waals surface area (Å²) in [5, 5.41) is 0. The van der Waals surface area contributed by atoms with Crippen LogP contribution < -0.4 is 0 Å². The summed E-state index contributed by atoms with van der Waals surface area (Å²) < 4.78 is 29.5. The molecule has 0 atom stereocenters. The van der Waals surface area contributed by atoms with Crippen molar-refractivity contribution in [3.05, 3.63) is 76.5 Å². The Bertz CT molecular complexity index is 783. The number of benzene rings is 2. The van der Waals surface area contributed by atoms with Crippen LogP contribution in [-0.4, -0.2) is 9.55 Å². The molecule has 1 aromatic heterocycles. The lowest BCUT2D eigenvalue weighted by Gasteiger charge is -2.09. The highest BCUT2D eigenvalue weighted by atomic mass is 79.9. The minimum absolute atomic E-state index is 0.300. The van der Waals surface area contributed by atoms with E-state index in [9.17, 15) is 8.78 Å². The second-order valence-corrected chi connectivity index (χ2v) is 5.54. The molecule has 21 heavy (non-hydrogen) atoms. The second-order valence-electron chi connectivity index (χ2n) is 4.62. The normalized spacial score (nSPS) is 10.8. The lowest BCUT2D eigenvalue weighted by molar-refractivity contribution is 0.566. The Morgan fingerprint density at radius 1 is 1.10 bits per heavy atom.